The molecule has 1 aliphatic carbocycles. The molecule has 2 aromatic rings. The largest absolute Gasteiger partial charge is 0.495 e. The number of halogens is 4. The Labute approximate surface area is 221 Å². The van der Waals surface area contributed by atoms with Crippen molar-refractivity contribution in [2.45, 2.75) is 57.6 Å². The number of carbonyl (C=O) groups excluding carboxylic acids is 1. The zero-order valence-corrected chi connectivity index (χ0v) is 22.5. The molecule has 4 rings (SSSR count). The highest BCUT2D eigenvalue weighted by atomic mass is 79.9. The fourth-order valence-electron chi connectivity index (χ4n) is 4.71. The van der Waals surface area contributed by atoms with E-state index in [0.29, 0.717) is 4.47 Å². The van der Waals surface area contributed by atoms with E-state index in [-0.39, 0.29) is 42.2 Å². The lowest BCUT2D eigenvalue weighted by Gasteiger charge is -2.50. The van der Waals surface area contributed by atoms with Crippen molar-refractivity contribution in [2.75, 3.05) is 18.6 Å². The van der Waals surface area contributed by atoms with Gasteiger partial charge in [0, 0.05) is 18.2 Å². The van der Waals surface area contributed by atoms with Gasteiger partial charge in [0.05, 0.1) is 28.9 Å². The van der Waals surface area contributed by atoms with Crippen LogP contribution < -0.4 is 9.64 Å². The van der Waals surface area contributed by atoms with Gasteiger partial charge in [0.25, 0.3) is 0 Å². The van der Waals surface area contributed by atoms with Crippen molar-refractivity contribution in [2.24, 2.45) is 10.4 Å². The van der Waals surface area contributed by atoms with Crippen molar-refractivity contribution in [1.82, 2.24) is 10.2 Å². The SMILES string of the molecule is COc1c(Br)ccc(F)c1-c1ccc(N(C[C@]2(C3N=CC=CC3F)C[C@H](F)C2)C(=O)OC(C)(C)C)nn1. The Balaban J connectivity index is 1.71. The van der Waals surface area contributed by atoms with Gasteiger partial charge in [0.2, 0.25) is 0 Å². The lowest BCUT2D eigenvalue weighted by Crippen LogP contribution is -2.58. The smallest absolute Gasteiger partial charge is 0.416 e. The highest BCUT2D eigenvalue weighted by Gasteiger charge is 2.54. The van der Waals surface area contributed by atoms with Crippen molar-refractivity contribution in [3.8, 4) is 17.0 Å². The predicted octanol–water partition coefficient (Wildman–Crippen LogP) is 6.26. The van der Waals surface area contributed by atoms with Crippen LogP contribution in [0.25, 0.3) is 11.3 Å². The van der Waals surface area contributed by atoms with E-state index >= 15 is 0 Å². The van der Waals surface area contributed by atoms with Gasteiger partial charge in [0.15, 0.2) is 5.82 Å². The Bertz CT molecular complexity index is 1210. The fourth-order valence-corrected chi connectivity index (χ4v) is 5.21. The first-order chi connectivity index (χ1) is 17.4. The second-order valence-corrected chi connectivity index (χ2v) is 11.1. The zero-order chi connectivity index (χ0) is 27.0. The van der Waals surface area contributed by atoms with E-state index in [4.69, 9.17) is 9.47 Å². The van der Waals surface area contributed by atoms with Crippen LogP contribution in [0.2, 0.25) is 0 Å². The van der Waals surface area contributed by atoms with Crippen LogP contribution in [0, 0.1) is 11.2 Å². The van der Waals surface area contributed by atoms with Crippen LogP contribution in [-0.4, -0.2) is 60.1 Å². The molecular formula is C26H28BrF3N4O3. The molecule has 1 aromatic carbocycles. The van der Waals surface area contributed by atoms with Gasteiger partial charge in [-0.1, -0.05) is 0 Å². The summed E-state index contributed by atoms with van der Waals surface area (Å²) in [5.74, 6) is -0.226. The number of hydrogen-bond donors (Lipinski definition) is 0. The van der Waals surface area contributed by atoms with Gasteiger partial charge in [-0.05, 0) is 86.0 Å². The molecule has 2 heterocycles. The number of rotatable bonds is 6. The first-order valence-electron chi connectivity index (χ1n) is 11.8. The maximum atomic E-state index is 14.9. The Morgan fingerprint density at radius 3 is 2.49 bits per heavy atom. The van der Waals surface area contributed by atoms with E-state index in [2.05, 4.69) is 31.1 Å². The van der Waals surface area contributed by atoms with Crippen molar-refractivity contribution < 1.29 is 27.4 Å². The summed E-state index contributed by atoms with van der Waals surface area (Å²) in [6.45, 7) is 5.06. The number of anilines is 1. The number of aromatic nitrogens is 2. The fraction of sp³-hybridized carbons (Fsp3) is 0.462. The van der Waals surface area contributed by atoms with Gasteiger partial charge >= 0.3 is 6.09 Å². The molecular weight excluding hydrogens is 553 g/mol. The van der Waals surface area contributed by atoms with Crippen molar-refractivity contribution >= 4 is 34.1 Å². The Hall–Kier alpha value is -2.95. The third kappa shape index (κ3) is 5.66. The van der Waals surface area contributed by atoms with E-state index in [1.165, 1.54) is 54.6 Å². The summed E-state index contributed by atoms with van der Waals surface area (Å²) in [5, 5.41) is 8.32. The highest BCUT2D eigenvalue weighted by molar-refractivity contribution is 9.10. The van der Waals surface area contributed by atoms with Gasteiger partial charge < -0.3 is 9.47 Å². The third-order valence-corrected chi connectivity index (χ3v) is 6.97. The first kappa shape index (κ1) is 27.1. The molecule has 7 nitrogen and oxygen atoms in total. The summed E-state index contributed by atoms with van der Waals surface area (Å²) in [5.41, 5.74) is -1.52. The van der Waals surface area contributed by atoms with Crippen LogP contribution in [0.4, 0.5) is 23.8 Å². The van der Waals surface area contributed by atoms with E-state index in [0.717, 1.165) is 0 Å². The Kier molecular flexibility index (Phi) is 7.64. The minimum Gasteiger partial charge on any atom is -0.495 e. The number of hydrogen-bond acceptors (Lipinski definition) is 6. The third-order valence-electron chi connectivity index (χ3n) is 6.35. The summed E-state index contributed by atoms with van der Waals surface area (Å²) in [6, 6.07) is 4.91. The molecule has 11 heteroatoms. The lowest BCUT2D eigenvalue weighted by atomic mass is 9.61. The molecule has 0 radical (unpaired) electrons. The maximum absolute atomic E-state index is 14.9. The summed E-state index contributed by atoms with van der Waals surface area (Å²) >= 11 is 3.33. The Morgan fingerprint density at radius 2 is 1.92 bits per heavy atom. The summed E-state index contributed by atoms with van der Waals surface area (Å²) < 4.78 is 55.2. The number of alkyl halides is 2. The molecule has 0 bridgehead atoms. The van der Waals surface area contributed by atoms with Gasteiger partial charge in [-0.15, -0.1) is 10.2 Å². The highest BCUT2D eigenvalue weighted by Crippen LogP contribution is 2.50. The molecule has 1 aliphatic heterocycles. The van der Waals surface area contributed by atoms with E-state index < -0.39 is 41.3 Å². The van der Waals surface area contributed by atoms with Crippen LogP contribution in [0.15, 0.2) is 45.9 Å². The number of benzene rings is 1. The minimum absolute atomic E-state index is 0.0362. The molecule has 2 atom stereocenters. The van der Waals surface area contributed by atoms with E-state index in [1.807, 2.05) is 0 Å². The van der Waals surface area contributed by atoms with Gasteiger partial charge in [-0.25, -0.2) is 18.0 Å². The number of ether oxygens (including phenoxy) is 2. The molecule has 0 spiro atoms. The number of amides is 1. The summed E-state index contributed by atoms with van der Waals surface area (Å²) in [7, 11) is 1.41. The molecule has 198 valence electrons. The number of carbonyl (C=O) groups is 1. The molecule has 1 aromatic heterocycles. The van der Waals surface area contributed by atoms with Gasteiger partial charge in [-0.2, -0.15) is 0 Å². The number of nitrogens with zero attached hydrogens (tertiary/aromatic N) is 4. The van der Waals surface area contributed by atoms with Crippen LogP contribution in [0.3, 0.4) is 0 Å². The second-order valence-electron chi connectivity index (χ2n) is 10.2. The number of dihydropyridines is 1. The van der Waals surface area contributed by atoms with E-state index in [9.17, 15) is 18.0 Å². The van der Waals surface area contributed by atoms with Crippen molar-refractivity contribution in [1.29, 1.82) is 0 Å². The van der Waals surface area contributed by atoms with Crippen LogP contribution in [0.1, 0.15) is 33.6 Å². The molecule has 2 aliphatic rings. The molecule has 0 saturated heterocycles. The number of methoxy groups -OCH3 is 1. The van der Waals surface area contributed by atoms with Crippen molar-refractivity contribution in [3.63, 3.8) is 0 Å². The average molecular weight is 581 g/mol. The predicted molar refractivity (Wildman–Crippen MR) is 138 cm³/mol. The quantitative estimate of drug-likeness (QED) is 0.403. The second kappa shape index (κ2) is 10.4. The van der Waals surface area contributed by atoms with Crippen LogP contribution >= 0.6 is 15.9 Å². The van der Waals surface area contributed by atoms with Crippen LogP contribution in [0.5, 0.6) is 5.75 Å². The first-order valence-corrected chi connectivity index (χ1v) is 12.6. The van der Waals surface area contributed by atoms with Gasteiger partial charge in [-0.3, -0.25) is 9.89 Å². The summed E-state index contributed by atoms with van der Waals surface area (Å²) in [6.07, 6.45) is 1.15. The van der Waals surface area contributed by atoms with E-state index in [1.54, 1.807) is 20.8 Å². The van der Waals surface area contributed by atoms with Gasteiger partial charge in [0.1, 0.15) is 29.5 Å². The molecule has 2 unspecified atom stereocenters. The summed E-state index contributed by atoms with van der Waals surface area (Å²) in [4.78, 5) is 18.8. The molecule has 1 saturated carbocycles. The number of aliphatic imine (C=N–C) groups is 1. The standard InChI is InChI=1S/C26H28BrF3N4O3/c1-25(2,3)37-24(35)34(14-26(12-15(28)13-26)23-18(30)6-5-11-31-23)20-10-9-19(32-33-20)21-17(29)8-7-16(27)22(21)36-4/h5-11,15,18,23H,12-14H2,1-4H3/t15-,18?,23?,26-. The lowest BCUT2D eigenvalue weighted by molar-refractivity contribution is -0.00975. The Morgan fingerprint density at radius 1 is 1.19 bits per heavy atom. The monoisotopic (exact) mass is 580 g/mol. The van der Waals surface area contributed by atoms with Crippen LogP contribution in [-0.2, 0) is 4.74 Å². The van der Waals surface area contributed by atoms with Crippen molar-refractivity contribution in [3.05, 3.63) is 46.7 Å². The molecule has 1 amide bonds. The molecule has 1 fully saturated rings. The normalized spacial score (nSPS) is 24.9. The zero-order valence-electron chi connectivity index (χ0n) is 20.9. The molecule has 37 heavy (non-hydrogen) atoms. The maximum Gasteiger partial charge on any atom is 0.416 e. The number of allylic oxidation sites excluding steroid dienone is 1. The topological polar surface area (TPSA) is 76.9 Å². The average Bonchev–Trinajstić information content (AvgIpc) is 2.81. The molecule has 0 N–H and O–H groups in total. The minimum atomic E-state index is -1.42.